The van der Waals surface area contributed by atoms with Gasteiger partial charge in [0.05, 0.1) is 0 Å². The summed E-state index contributed by atoms with van der Waals surface area (Å²) in [5, 5.41) is 5.58. The molecule has 1 fully saturated rings. The number of nitrogens with zero attached hydrogens (tertiary/aromatic N) is 1. The van der Waals surface area contributed by atoms with Gasteiger partial charge in [0, 0.05) is 13.1 Å². The Labute approximate surface area is 173 Å². The molecule has 0 aromatic heterocycles. The van der Waals surface area contributed by atoms with Crippen molar-refractivity contribution >= 4 is 17.9 Å². The molecule has 1 aliphatic heterocycles. The zero-order valence-corrected chi connectivity index (χ0v) is 17.5. The number of hydrogen-bond donors (Lipinski definition) is 2. The average Bonchev–Trinajstić information content (AvgIpc) is 3.24. The van der Waals surface area contributed by atoms with Gasteiger partial charge in [0.2, 0.25) is 11.8 Å². The predicted molar refractivity (Wildman–Crippen MR) is 111 cm³/mol. The van der Waals surface area contributed by atoms with Crippen LogP contribution in [-0.2, 0) is 20.9 Å². The number of amides is 3. The number of hydrogen-bond acceptors (Lipinski definition) is 4. The molecule has 3 amide bonds. The Morgan fingerprint density at radius 3 is 2.62 bits per heavy atom. The number of carbonyl (C=O) groups is 3. The van der Waals surface area contributed by atoms with Crippen LogP contribution in [0.4, 0.5) is 4.79 Å². The highest BCUT2D eigenvalue weighted by Crippen LogP contribution is 2.19. The van der Waals surface area contributed by atoms with E-state index in [2.05, 4.69) is 17.6 Å². The van der Waals surface area contributed by atoms with Gasteiger partial charge in [-0.25, -0.2) is 4.79 Å². The summed E-state index contributed by atoms with van der Waals surface area (Å²) >= 11 is 0. The lowest BCUT2D eigenvalue weighted by Gasteiger charge is -2.28. The average molecular weight is 404 g/mol. The first-order valence-corrected chi connectivity index (χ1v) is 10.6. The highest BCUT2D eigenvalue weighted by Gasteiger charge is 2.37. The summed E-state index contributed by atoms with van der Waals surface area (Å²) in [5.41, 5.74) is 0.876. The Kier molecular flexibility index (Phi) is 9.47. The standard InChI is InChI=1S/C22H33N3O4/c1-3-5-9-14-23-20(26)19-13-10-15-25(19)21(27)18(4-2)24-22(28)29-16-17-11-7-6-8-12-17/h6-8,11-12,18-19H,3-5,9-10,13-16H2,1-2H3,(H,23,26)(H,24,28)/t18-,19-/m0/s1. The summed E-state index contributed by atoms with van der Waals surface area (Å²) in [6.07, 6.45) is 4.34. The second-order valence-corrected chi connectivity index (χ2v) is 7.35. The molecule has 2 rings (SSSR count). The second-order valence-electron chi connectivity index (χ2n) is 7.35. The maximum absolute atomic E-state index is 13.0. The Bertz CT molecular complexity index is 665. The number of nitrogens with one attached hydrogen (secondary N) is 2. The van der Waals surface area contributed by atoms with Crippen LogP contribution >= 0.6 is 0 Å². The van der Waals surface area contributed by atoms with Crippen LogP contribution in [0.5, 0.6) is 0 Å². The Hall–Kier alpha value is -2.57. The first-order chi connectivity index (χ1) is 14.1. The van der Waals surface area contributed by atoms with Crippen molar-refractivity contribution in [1.82, 2.24) is 15.5 Å². The molecule has 1 aromatic rings. The number of likely N-dealkylation sites (tertiary alicyclic amines) is 1. The predicted octanol–water partition coefficient (Wildman–Crippen LogP) is 2.99. The molecule has 0 radical (unpaired) electrons. The third kappa shape index (κ3) is 7.07. The maximum Gasteiger partial charge on any atom is 0.408 e. The largest absolute Gasteiger partial charge is 0.445 e. The van der Waals surface area contributed by atoms with Crippen molar-refractivity contribution in [1.29, 1.82) is 0 Å². The van der Waals surface area contributed by atoms with E-state index in [9.17, 15) is 14.4 Å². The molecule has 1 aliphatic rings. The molecular weight excluding hydrogens is 370 g/mol. The molecule has 2 atom stereocenters. The molecule has 7 nitrogen and oxygen atoms in total. The van der Waals surface area contributed by atoms with E-state index in [1.54, 1.807) is 4.90 Å². The fraction of sp³-hybridized carbons (Fsp3) is 0.591. The zero-order valence-electron chi connectivity index (χ0n) is 17.5. The summed E-state index contributed by atoms with van der Waals surface area (Å²) < 4.78 is 5.22. The van der Waals surface area contributed by atoms with E-state index in [4.69, 9.17) is 4.74 Å². The van der Waals surface area contributed by atoms with Crippen molar-refractivity contribution in [3.63, 3.8) is 0 Å². The number of unbranched alkanes of at least 4 members (excludes halogenated alkanes) is 2. The molecule has 29 heavy (non-hydrogen) atoms. The fourth-order valence-corrected chi connectivity index (χ4v) is 3.45. The van der Waals surface area contributed by atoms with Crippen LogP contribution in [-0.4, -0.2) is 48.0 Å². The molecule has 160 valence electrons. The van der Waals surface area contributed by atoms with Crippen molar-refractivity contribution in [2.45, 2.75) is 71.1 Å². The monoisotopic (exact) mass is 403 g/mol. The quantitative estimate of drug-likeness (QED) is 0.588. The van der Waals surface area contributed by atoms with Crippen LogP contribution in [0.3, 0.4) is 0 Å². The Morgan fingerprint density at radius 1 is 1.17 bits per heavy atom. The zero-order chi connectivity index (χ0) is 21.1. The van der Waals surface area contributed by atoms with E-state index in [0.29, 0.717) is 25.9 Å². The summed E-state index contributed by atoms with van der Waals surface area (Å²) in [6, 6.07) is 8.20. The van der Waals surface area contributed by atoms with Crippen LogP contribution in [0.2, 0.25) is 0 Å². The van der Waals surface area contributed by atoms with Crippen LogP contribution < -0.4 is 10.6 Å². The van der Waals surface area contributed by atoms with Gasteiger partial charge in [0.25, 0.3) is 0 Å². The van der Waals surface area contributed by atoms with Crippen LogP contribution in [0.1, 0.15) is 57.9 Å². The van der Waals surface area contributed by atoms with Gasteiger partial charge >= 0.3 is 6.09 Å². The lowest BCUT2D eigenvalue weighted by molar-refractivity contribution is -0.140. The minimum atomic E-state index is -0.702. The lowest BCUT2D eigenvalue weighted by Crippen LogP contribution is -2.53. The molecule has 0 aliphatic carbocycles. The van der Waals surface area contributed by atoms with Gasteiger partial charge < -0.3 is 20.3 Å². The van der Waals surface area contributed by atoms with Crippen LogP contribution in [0.15, 0.2) is 30.3 Å². The second kappa shape index (κ2) is 12.1. The first-order valence-electron chi connectivity index (χ1n) is 10.6. The minimum Gasteiger partial charge on any atom is -0.445 e. The van der Waals surface area contributed by atoms with E-state index >= 15 is 0 Å². The number of rotatable bonds is 10. The van der Waals surface area contributed by atoms with E-state index in [1.807, 2.05) is 37.3 Å². The number of benzene rings is 1. The van der Waals surface area contributed by atoms with Gasteiger partial charge in [0.15, 0.2) is 0 Å². The number of carbonyl (C=O) groups excluding carboxylic acids is 3. The smallest absolute Gasteiger partial charge is 0.408 e. The van der Waals surface area contributed by atoms with Gasteiger partial charge in [-0.2, -0.15) is 0 Å². The van der Waals surface area contributed by atoms with Crippen molar-refractivity contribution in [2.24, 2.45) is 0 Å². The summed E-state index contributed by atoms with van der Waals surface area (Å²) in [6.45, 7) is 5.25. The van der Waals surface area contributed by atoms with E-state index in [-0.39, 0.29) is 18.4 Å². The maximum atomic E-state index is 13.0. The van der Waals surface area contributed by atoms with Crippen LogP contribution in [0, 0.1) is 0 Å². The molecular formula is C22H33N3O4. The molecule has 0 spiro atoms. The highest BCUT2D eigenvalue weighted by atomic mass is 16.5. The molecule has 0 saturated carbocycles. The number of ether oxygens (including phenoxy) is 1. The van der Waals surface area contributed by atoms with Crippen molar-refractivity contribution in [3.05, 3.63) is 35.9 Å². The highest BCUT2D eigenvalue weighted by molar-refractivity contribution is 5.91. The van der Waals surface area contributed by atoms with E-state index in [1.165, 1.54) is 0 Å². The number of alkyl carbamates (subject to hydrolysis) is 1. The van der Waals surface area contributed by atoms with Crippen molar-refractivity contribution in [2.75, 3.05) is 13.1 Å². The Morgan fingerprint density at radius 2 is 1.93 bits per heavy atom. The normalized spacial score (nSPS) is 16.9. The van der Waals surface area contributed by atoms with Gasteiger partial charge in [-0.1, -0.05) is 57.0 Å². The molecule has 7 heteroatoms. The van der Waals surface area contributed by atoms with Gasteiger partial charge in [-0.3, -0.25) is 9.59 Å². The molecule has 1 aromatic carbocycles. The summed E-state index contributed by atoms with van der Waals surface area (Å²) in [4.78, 5) is 39.2. The molecule has 2 N–H and O–H groups in total. The third-order valence-electron chi connectivity index (χ3n) is 5.13. The lowest BCUT2D eigenvalue weighted by atomic mass is 10.1. The minimum absolute atomic E-state index is 0.103. The van der Waals surface area contributed by atoms with Gasteiger partial charge in [-0.05, 0) is 31.2 Å². The van der Waals surface area contributed by atoms with Gasteiger partial charge in [0.1, 0.15) is 18.7 Å². The molecule has 0 unspecified atom stereocenters. The fourth-order valence-electron chi connectivity index (χ4n) is 3.45. The van der Waals surface area contributed by atoms with Crippen molar-refractivity contribution in [3.8, 4) is 0 Å². The first kappa shape index (κ1) is 22.7. The van der Waals surface area contributed by atoms with Gasteiger partial charge in [-0.15, -0.1) is 0 Å². The van der Waals surface area contributed by atoms with E-state index < -0.39 is 18.2 Å². The van der Waals surface area contributed by atoms with E-state index in [0.717, 1.165) is 31.2 Å². The van der Waals surface area contributed by atoms with Crippen LogP contribution in [0.25, 0.3) is 0 Å². The third-order valence-corrected chi connectivity index (χ3v) is 5.13. The summed E-state index contributed by atoms with van der Waals surface area (Å²) in [5.74, 6) is -0.330. The summed E-state index contributed by atoms with van der Waals surface area (Å²) in [7, 11) is 0. The molecule has 0 bridgehead atoms. The molecule has 1 saturated heterocycles. The Balaban J connectivity index is 1.86. The SMILES string of the molecule is CCCCCNC(=O)[C@@H]1CCCN1C(=O)[C@H](CC)NC(=O)OCc1ccccc1. The topological polar surface area (TPSA) is 87.7 Å². The van der Waals surface area contributed by atoms with Crippen molar-refractivity contribution < 1.29 is 19.1 Å². The molecule has 1 heterocycles.